The molecule has 7 heteroatoms. The van der Waals surface area contributed by atoms with Gasteiger partial charge in [-0.1, -0.05) is 23.7 Å². The van der Waals surface area contributed by atoms with Crippen LogP contribution in [0.15, 0.2) is 36.9 Å². The fourth-order valence-corrected chi connectivity index (χ4v) is 3.03. The van der Waals surface area contributed by atoms with Crippen molar-refractivity contribution in [3.8, 4) is 0 Å². The van der Waals surface area contributed by atoms with E-state index in [2.05, 4.69) is 21.0 Å². The van der Waals surface area contributed by atoms with E-state index >= 15 is 0 Å². The highest BCUT2D eigenvalue weighted by molar-refractivity contribution is 6.30. The van der Waals surface area contributed by atoms with Gasteiger partial charge in [-0.25, -0.2) is 9.67 Å². The summed E-state index contributed by atoms with van der Waals surface area (Å²) in [6, 6.07) is 7.61. The van der Waals surface area contributed by atoms with Gasteiger partial charge in [0, 0.05) is 37.7 Å². The highest BCUT2D eigenvalue weighted by Gasteiger charge is 2.26. The van der Waals surface area contributed by atoms with Crippen LogP contribution >= 0.6 is 11.6 Å². The maximum absolute atomic E-state index is 12.5. The third-order valence-electron chi connectivity index (χ3n) is 4.17. The third kappa shape index (κ3) is 3.89. The predicted octanol–water partition coefficient (Wildman–Crippen LogP) is 1.84. The van der Waals surface area contributed by atoms with E-state index in [4.69, 9.17) is 11.6 Å². The smallest absolute Gasteiger partial charge is 0.247 e. The quantitative estimate of drug-likeness (QED) is 0.856. The minimum absolute atomic E-state index is 0.0953. The molecule has 0 aliphatic carbocycles. The van der Waals surface area contributed by atoms with Gasteiger partial charge in [-0.05, 0) is 24.6 Å². The topological polar surface area (TPSA) is 54.3 Å². The lowest BCUT2D eigenvalue weighted by atomic mass is 10.2. The Morgan fingerprint density at radius 1 is 1.30 bits per heavy atom. The summed E-state index contributed by atoms with van der Waals surface area (Å²) in [4.78, 5) is 20.7. The molecule has 1 atom stereocenters. The zero-order chi connectivity index (χ0) is 16.2. The lowest BCUT2D eigenvalue weighted by Gasteiger charge is -2.35. The Bertz CT molecular complexity index is 652. The van der Waals surface area contributed by atoms with E-state index in [0.717, 1.165) is 37.7 Å². The van der Waals surface area contributed by atoms with Gasteiger partial charge in [0.15, 0.2) is 0 Å². The molecule has 3 rings (SSSR count). The molecule has 0 saturated carbocycles. The van der Waals surface area contributed by atoms with Crippen molar-refractivity contribution < 1.29 is 4.79 Å². The molecule has 122 valence electrons. The van der Waals surface area contributed by atoms with E-state index < -0.39 is 0 Å². The second kappa shape index (κ2) is 7.10. The van der Waals surface area contributed by atoms with E-state index in [0.29, 0.717) is 0 Å². The summed E-state index contributed by atoms with van der Waals surface area (Å²) in [5.41, 5.74) is 1.20. The summed E-state index contributed by atoms with van der Waals surface area (Å²) >= 11 is 6.03. The Balaban J connectivity index is 1.53. The molecular formula is C16H20ClN5O. The highest BCUT2D eigenvalue weighted by atomic mass is 35.5. The summed E-state index contributed by atoms with van der Waals surface area (Å²) in [6.45, 7) is 5.91. The molecule has 23 heavy (non-hydrogen) atoms. The minimum atomic E-state index is -0.308. The molecule has 1 amide bonds. The molecule has 0 spiro atoms. The Morgan fingerprint density at radius 3 is 2.74 bits per heavy atom. The number of carbonyl (C=O) groups is 1. The van der Waals surface area contributed by atoms with Crippen LogP contribution in [0.5, 0.6) is 0 Å². The van der Waals surface area contributed by atoms with Crippen molar-refractivity contribution in [3.05, 3.63) is 47.5 Å². The van der Waals surface area contributed by atoms with Crippen LogP contribution in [0.2, 0.25) is 5.02 Å². The molecule has 1 aromatic heterocycles. The zero-order valence-corrected chi connectivity index (χ0v) is 13.9. The average Bonchev–Trinajstić information content (AvgIpc) is 3.09. The van der Waals surface area contributed by atoms with Crippen molar-refractivity contribution in [1.29, 1.82) is 0 Å². The van der Waals surface area contributed by atoms with Crippen LogP contribution in [0, 0.1) is 0 Å². The van der Waals surface area contributed by atoms with Crippen LogP contribution in [0.4, 0.5) is 0 Å². The molecule has 0 bridgehead atoms. The Labute approximate surface area is 140 Å². The summed E-state index contributed by atoms with van der Waals surface area (Å²) in [7, 11) is 0. The molecule has 0 radical (unpaired) electrons. The molecule has 1 unspecified atom stereocenters. The summed E-state index contributed by atoms with van der Waals surface area (Å²) in [6.07, 6.45) is 3.03. The Hall–Kier alpha value is -1.92. The van der Waals surface area contributed by atoms with Crippen LogP contribution in [-0.4, -0.2) is 56.7 Å². The molecule has 0 N–H and O–H groups in total. The largest absolute Gasteiger partial charge is 0.338 e. The van der Waals surface area contributed by atoms with Crippen molar-refractivity contribution in [1.82, 2.24) is 24.6 Å². The number of carbonyl (C=O) groups excluding carboxylic acids is 1. The lowest BCUT2D eigenvalue weighted by molar-refractivity contribution is -0.136. The van der Waals surface area contributed by atoms with Gasteiger partial charge in [0.05, 0.1) is 0 Å². The average molecular weight is 334 g/mol. The molecular weight excluding hydrogens is 314 g/mol. The first-order valence-corrected chi connectivity index (χ1v) is 8.11. The maximum atomic E-state index is 12.5. The first-order valence-electron chi connectivity index (χ1n) is 7.73. The van der Waals surface area contributed by atoms with E-state index in [1.807, 2.05) is 30.0 Å². The normalized spacial score (nSPS) is 17.2. The fraction of sp³-hybridized carbons (Fsp3) is 0.438. The van der Waals surface area contributed by atoms with Crippen molar-refractivity contribution in [3.63, 3.8) is 0 Å². The molecule has 1 aliphatic heterocycles. The van der Waals surface area contributed by atoms with Crippen molar-refractivity contribution in [2.24, 2.45) is 0 Å². The van der Waals surface area contributed by atoms with Gasteiger partial charge in [0.1, 0.15) is 18.7 Å². The first kappa shape index (κ1) is 16.0. The second-order valence-electron chi connectivity index (χ2n) is 5.78. The highest BCUT2D eigenvalue weighted by Crippen LogP contribution is 2.15. The van der Waals surface area contributed by atoms with Crippen LogP contribution in [0.25, 0.3) is 0 Å². The number of amides is 1. The molecule has 2 aromatic rings. The van der Waals surface area contributed by atoms with E-state index in [-0.39, 0.29) is 11.9 Å². The number of hydrogen-bond donors (Lipinski definition) is 0. The number of benzene rings is 1. The van der Waals surface area contributed by atoms with Crippen LogP contribution in [0.3, 0.4) is 0 Å². The summed E-state index contributed by atoms with van der Waals surface area (Å²) < 4.78 is 1.60. The molecule has 1 saturated heterocycles. The number of nitrogens with zero attached hydrogens (tertiary/aromatic N) is 5. The number of hydrogen-bond acceptors (Lipinski definition) is 4. The Kier molecular flexibility index (Phi) is 4.93. The lowest BCUT2D eigenvalue weighted by Crippen LogP contribution is -2.49. The van der Waals surface area contributed by atoms with Crippen molar-refractivity contribution in [2.75, 3.05) is 26.2 Å². The summed E-state index contributed by atoms with van der Waals surface area (Å²) in [5.74, 6) is 0.0953. The van der Waals surface area contributed by atoms with Gasteiger partial charge in [-0.3, -0.25) is 9.69 Å². The maximum Gasteiger partial charge on any atom is 0.247 e. The van der Waals surface area contributed by atoms with E-state index in [9.17, 15) is 4.79 Å². The minimum Gasteiger partial charge on any atom is -0.338 e. The molecule has 1 aliphatic rings. The Morgan fingerprint density at radius 2 is 2.09 bits per heavy atom. The van der Waals surface area contributed by atoms with Gasteiger partial charge in [-0.15, -0.1) is 0 Å². The monoisotopic (exact) mass is 333 g/mol. The number of piperazine rings is 1. The van der Waals surface area contributed by atoms with Gasteiger partial charge in [0.25, 0.3) is 0 Å². The molecule has 1 fully saturated rings. The second-order valence-corrected chi connectivity index (χ2v) is 6.22. The van der Waals surface area contributed by atoms with Gasteiger partial charge < -0.3 is 4.90 Å². The standard InChI is InChI=1S/C16H20ClN5O/c1-13(22-12-18-11-19-22)16(23)21-7-5-20(6-8-21)10-14-3-2-4-15(17)9-14/h2-4,9,11-13H,5-8,10H2,1H3. The van der Waals surface area contributed by atoms with Crippen LogP contribution in [0.1, 0.15) is 18.5 Å². The molecule has 2 heterocycles. The third-order valence-corrected chi connectivity index (χ3v) is 4.41. The molecule has 6 nitrogen and oxygen atoms in total. The van der Waals surface area contributed by atoms with Crippen LogP contribution in [-0.2, 0) is 11.3 Å². The van der Waals surface area contributed by atoms with E-state index in [1.165, 1.54) is 11.9 Å². The SMILES string of the molecule is CC(C(=O)N1CCN(Cc2cccc(Cl)c2)CC1)n1cncn1. The zero-order valence-electron chi connectivity index (χ0n) is 13.1. The number of halogens is 1. The fourth-order valence-electron chi connectivity index (χ4n) is 2.81. The van der Waals surface area contributed by atoms with E-state index in [1.54, 1.807) is 11.0 Å². The molecule has 1 aromatic carbocycles. The van der Waals surface area contributed by atoms with Crippen LogP contribution < -0.4 is 0 Å². The van der Waals surface area contributed by atoms with Gasteiger partial charge in [-0.2, -0.15) is 5.10 Å². The van der Waals surface area contributed by atoms with Crippen molar-refractivity contribution in [2.45, 2.75) is 19.5 Å². The van der Waals surface area contributed by atoms with Gasteiger partial charge >= 0.3 is 0 Å². The number of aromatic nitrogens is 3. The van der Waals surface area contributed by atoms with Gasteiger partial charge in [0.2, 0.25) is 5.91 Å². The first-order chi connectivity index (χ1) is 11.1. The number of rotatable bonds is 4. The predicted molar refractivity (Wildman–Crippen MR) is 88.0 cm³/mol. The van der Waals surface area contributed by atoms with Crippen molar-refractivity contribution >= 4 is 17.5 Å². The summed E-state index contributed by atoms with van der Waals surface area (Å²) in [5, 5.41) is 4.81.